The lowest BCUT2D eigenvalue weighted by atomic mass is 10.1. The van der Waals surface area contributed by atoms with E-state index < -0.39 is 25.9 Å². The van der Waals surface area contributed by atoms with Crippen LogP contribution in [0.1, 0.15) is 11.6 Å². The number of nitrogens with zero attached hydrogens (tertiary/aromatic N) is 3. The summed E-state index contributed by atoms with van der Waals surface area (Å²) in [5.41, 5.74) is 2.04. The van der Waals surface area contributed by atoms with Crippen molar-refractivity contribution < 1.29 is 21.6 Å². The largest absolute Gasteiger partial charge is 0.489 e. The van der Waals surface area contributed by atoms with Gasteiger partial charge >= 0.3 is 0 Å². The third kappa shape index (κ3) is 4.16. The maximum absolute atomic E-state index is 13.7. The summed E-state index contributed by atoms with van der Waals surface area (Å²) in [5.74, 6) is 0.634. The molecule has 3 heterocycles. The van der Waals surface area contributed by atoms with Crippen LogP contribution in [0.5, 0.6) is 5.75 Å². The molecule has 1 saturated heterocycles. The first-order chi connectivity index (χ1) is 15.9. The lowest BCUT2D eigenvalue weighted by Gasteiger charge is -2.38. The molecule has 0 saturated carbocycles. The second kappa shape index (κ2) is 8.35. The van der Waals surface area contributed by atoms with Gasteiger partial charge in [0.15, 0.2) is 14.9 Å². The number of anilines is 2. The lowest BCUT2D eigenvalue weighted by Crippen LogP contribution is -2.42. The van der Waals surface area contributed by atoms with E-state index in [4.69, 9.17) is 4.74 Å². The number of hydrogen-bond acceptors (Lipinski definition) is 7. The van der Waals surface area contributed by atoms with E-state index >= 15 is 0 Å². The molecule has 33 heavy (non-hydrogen) atoms. The summed E-state index contributed by atoms with van der Waals surface area (Å²) in [6.45, 7) is 0.925. The highest BCUT2D eigenvalue weighted by atomic mass is 32.2. The van der Waals surface area contributed by atoms with Crippen molar-refractivity contribution in [2.45, 2.75) is 11.1 Å². The molecule has 1 fully saturated rings. The lowest BCUT2D eigenvalue weighted by molar-refractivity contribution is 0.275. The summed E-state index contributed by atoms with van der Waals surface area (Å²) in [4.78, 5) is 6.07. The third-order valence-electron chi connectivity index (χ3n) is 5.92. The molecule has 2 aliphatic heterocycles. The predicted molar refractivity (Wildman–Crippen MR) is 126 cm³/mol. The summed E-state index contributed by atoms with van der Waals surface area (Å²) in [6.07, 6.45) is 1.46. The summed E-state index contributed by atoms with van der Waals surface area (Å²) in [7, 11) is -6.98. The SMILES string of the molecule is O=S1(=O)CCN(c2ccc3c(c2)OCC(c2ccccc2)N3S(=O)(=O)c2ccccn2)CC1. The van der Waals surface area contributed by atoms with E-state index in [0.29, 0.717) is 24.5 Å². The molecule has 2 aliphatic rings. The zero-order valence-electron chi connectivity index (χ0n) is 17.7. The molecule has 0 spiro atoms. The van der Waals surface area contributed by atoms with Gasteiger partial charge in [0.1, 0.15) is 18.4 Å². The van der Waals surface area contributed by atoms with Gasteiger partial charge in [0.05, 0.1) is 17.2 Å². The van der Waals surface area contributed by atoms with Gasteiger partial charge in [-0.25, -0.2) is 13.4 Å². The smallest absolute Gasteiger partial charge is 0.282 e. The van der Waals surface area contributed by atoms with Crippen LogP contribution in [-0.4, -0.2) is 53.0 Å². The molecule has 0 bridgehead atoms. The Morgan fingerprint density at radius 3 is 2.36 bits per heavy atom. The van der Waals surface area contributed by atoms with Gasteiger partial charge in [0.2, 0.25) is 0 Å². The molecule has 0 aliphatic carbocycles. The van der Waals surface area contributed by atoms with Crippen LogP contribution in [-0.2, 0) is 19.9 Å². The Morgan fingerprint density at radius 1 is 0.939 bits per heavy atom. The van der Waals surface area contributed by atoms with E-state index in [1.807, 2.05) is 41.3 Å². The number of ether oxygens (including phenoxy) is 1. The number of pyridine rings is 1. The first-order valence-corrected chi connectivity index (χ1v) is 13.8. The van der Waals surface area contributed by atoms with Crippen molar-refractivity contribution in [3.63, 3.8) is 0 Å². The fourth-order valence-electron chi connectivity index (χ4n) is 4.18. The number of hydrogen-bond donors (Lipinski definition) is 0. The first kappa shape index (κ1) is 21.7. The van der Waals surface area contributed by atoms with Gasteiger partial charge in [-0.3, -0.25) is 4.31 Å². The highest BCUT2D eigenvalue weighted by Gasteiger charge is 2.39. The van der Waals surface area contributed by atoms with Gasteiger partial charge < -0.3 is 9.64 Å². The van der Waals surface area contributed by atoms with Crippen LogP contribution in [0.2, 0.25) is 0 Å². The van der Waals surface area contributed by atoms with E-state index in [1.165, 1.54) is 16.6 Å². The van der Waals surface area contributed by atoms with Crippen LogP contribution < -0.4 is 13.9 Å². The van der Waals surface area contributed by atoms with Crippen LogP contribution in [0.15, 0.2) is 78.0 Å². The van der Waals surface area contributed by atoms with E-state index in [-0.39, 0.29) is 23.1 Å². The molecule has 1 unspecified atom stereocenters. The van der Waals surface area contributed by atoms with Crippen molar-refractivity contribution in [2.75, 3.05) is 40.4 Å². The van der Waals surface area contributed by atoms with Crippen molar-refractivity contribution in [3.05, 3.63) is 78.5 Å². The number of benzene rings is 2. The maximum Gasteiger partial charge on any atom is 0.282 e. The van der Waals surface area contributed by atoms with E-state index in [9.17, 15) is 16.8 Å². The molecule has 1 aromatic heterocycles. The zero-order valence-corrected chi connectivity index (χ0v) is 19.4. The molecule has 2 aromatic carbocycles. The number of sulfonamides is 1. The Kier molecular flexibility index (Phi) is 5.49. The Balaban J connectivity index is 1.57. The summed E-state index contributed by atoms with van der Waals surface area (Å²) in [5, 5.41) is -0.0379. The average molecular weight is 486 g/mol. The minimum atomic E-state index is -3.98. The Morgan fingerprint density at radius 2 is 1.67 bits per heavy atom. The predicted octanol–water partition coefficient (Wildman–Crippen LogP) is 2.65. The minimum Gasteiger partial charge on any atom is -0.489 e. The normalized spacial score (nSPS) is 20.1. The molecular weight excluding hydrogens is 462 g/mol. The topological polar surface area (TPSA) is 96.9 Å². The molecule has 5 rings (SSSR count). The summed E-state index contributed by atoms with van der Waals surface area (Å²) >= 11 is 0. The standard InChI is InChI=1S/C23H23N3O5S2/c27-32(28)14-12-25(13-15-32)19-9-10-20-22(16-19)31-17-21(18-6-2-1-3-7-18)26(20)33(29,30)23-8-4-5-11-24-23/h1-11,16,21H,12-15,17H2. The fraction of sp³-hybridized carbons (Fsp3) is 0.261. The molecule has 0 N–H and O–H groups in total. The van der Waals surface area contributed by atoms with Crippen molar-refractivity contribution in [1.82, 2.24) is 4.98 Å². The maximum atomic E-state index is 13.7. The van der Waals surface area contributed by atoms with Crippen LogP contribution in [0.3, 0.4) is 0 Å². The monoisotopic (exact) mass is 485 g/mol. The fourth-order valence-corrected chi connectivity index (χ4v) is 6.95. The Bertz CT molecular complexity index is 1350. The molecule has 8 nitrogen and oxygen atoms in total. The van der Waals surface area contributed by atoms with Crippen molar-refractivity contribution in [2.24, 2.45) is 0 Å². The second-order valence-corrected chi connectivity index (χ2v) is 12.1. The highest BCUT2D eigenvalue weighted by molar-refractivity contribution is 7.92. The highest BCUT2D eigenvalue weighted by Crippen LogP contribution is 2.44. The number of fused-ring (bicyclic) bond motifs is 1. The van der Waals surface area contributed by atoms with E-state index in [1.54, 1.807) is 24.3 Å². The molecule has 0 radical (unpaired) electrons. The van der Waals surface area contributed by atoms with E-state index in [0.717, 1.165) is 11.3 Å². The van der Waals surface area contributed by atoms with Gasteiger partial charge in [-0.1, -0.05) is 36.4 Å². The average Bonchev–Trinajstić information content (AvgIpc) is 2.84. The first-order valence-electron chi connectivity index (χ1n) is 10.6. The van der Waals surface area contributed by atoms with Crippen molar-refractivity contribution in [3.8, 4) is 5.75 Å². The van der Waals surface area contributed by atoms with Gasteiger partial charge in [0.25, 0.3) is 10.0 Å². The zero-order chi connectivity index (χ0) is 23.1. The molecule has 1 atom stereocenters. The van der Waals surface area contributed by atoms with Crippen LogP contribution in [0.4, 0.5) is 11.4 Å². The number of rotatable bonds is 4. The summed E-state index contributed by atoms with van der Waals surface area (Å²) in [6, 6.07) is 18.9. The Hall–Kier alpha value is -3.11. The molecule has 172 valence electrons. The van der Waals surface area contributed by atoms with Crippen LogP contribution in [0.25, 0.3) is 0 Å². The number of sulfone groups is 1. The molecule has 3 aromatic rings. The molecule has 0 amide bonds. The van der Waals surface area contributed by atoms with Gasteiger partial charge in [0, 0.05) is 31.0 Å². The third-order valence-corrected chi connectivity index (χ3v) is 9.26. The number of aromatic nitrogens is 1. The molecular formula is C23H23N3O5S2. The minimum absolute atomic E-state index is 0.0379. The van der Waals surface area contributed by atoms with Crippen LogP contribution in [0, 0.1) is 0 Å². The van der Waals surface area contributed by atoms with Crippen molar-refractivity contribution in [1.29, 1.82) is 0 Å². The summed E-state index contributed by atoms with van der Waals surface area (Å²) < 4.78 is 58.5. The van der Waals surface area contributed by atoms with E-state index in [2.05, 4.69) is 4.98 Å². The van der Waals surface area contributed by atoms with Crippen molar-refractivity contribution >= 4 is 31.2 Å². The quantitative estimate of drug-likeness (QED) is 0.560. The van der Waals surface area contributed by atoms with Gasteiger partial charge in [-0.15, -0.1) is 0 Å². The van der Waals surface area contributed by atoms with Gasteiger partial charge in [-0.05, 0) is 29.8 Å². The van der Waals surface area contributed by atoms with Gasteiger partial charge in [-0.2, -0.15) is 8.42 Å². The second-order valence-electron chi connectivity index (χ2n) is 8.00. The van der Waals surface area contributed by atoms with Crippen LogP contribution >= 0.6 is 0 Å². The Labute approximate surface area is 193 Å². The molecule has 10 heteroatoms.